The van der Waals surface area contributed by atoms with Crippen LogP contribution in [0.3, 0.4) is 0 Å². The first-order chi connectivity index (χ1) is 8.74. The summed E-state index contributed by atoms with van der Waals surface area (Å²) in [6, 6.07) is 6.84. The SMILES string of the molecule is CN(CCc1ccc(F)cc1)CCC1CCNC1. The van der Waals surface area contributed by atoms with Crippen LogP contribution in [0.25, 0.3) is 0 Å². The van der Waals surface area contributed by atoms with Gasteiger partial charge in [-0.05, 0) is 69.6 Å². The van der Waals surface area contributed by atoms with E-state index in [1.807, 2.05) is 12.1 Å². The zero-order valence-electron chi connectivity index (χ0n) is 11.2. The first-order valence-electron chi connectivity index (χ1n) is 6.88. The lowest BCUT2D eigenvalue weighted by Gasteiger charge is -2.18. The van der Waals surface area contributed by atoms with Crippen LogP contribution < -0.4 is 5.32 Å². The molecule has 0 saturated carbocycles. The Hall–Kier alpha value is -0.930. The van der Waals surface area contributed by atoms with Crippen molar-refractivity contribution in [2.24, 2.45) is 5.92 Å². The number of likely N-dealkylation sites (N-methyl/N-ethyl adjacent to an activating group) is 1. The molecule has 18 heavy (non-hydrogen) atoms. The molecule has 1 heterocycles. The third-order valence-electron chi connectivity index (χ3n) is 3.78. The Kier molecular flexibility index (Phi) is 5.14. The predicted octanol–water partition coefficient (Wildman–Crippen LogP) is 2.30. The zero-order valence-corrected chi connectivity index (χ0v) is 11.2. The van der Waals surface area contributed by atoms with Crippen molar-refractivity contribution >= 4 is 0 Å². The van der Waals surface area contributed by atoms with Gasteiger partial charge in [0.25, 0.3) is 0 Å². The van der Waals surface area contributed by atoms with Crippen LogP contribution in [0, 0.1) is 11.7 Å². The van der Waals surface area contributed by atoms with Gasteiger partial charge in [-0.2, -0.15) is 0 Å². The van der Waals surface area contributed by atoms with E-state index < -0.39 is 0 Å². The summed E-state index contributed by atoms with van der Waals surface area (Å²) in [4.78, 5) is 2.38. The molecule has 0 spiro atoms. The largest absolute Gasteiger partial charge is 0.316 e. The van der Waals surface area contributed by atoms with Gasteiger partial charge in [-0.3, -0.25) is 0 Å². The molecule has 100 valence electrons. The van der Waals surface area contributed by atoms with Crippen molar-refractivity contribution in [1.29, 1.82) is 0 Å². The summed E-state index contributed by atoms with van der Waals surface area (Å²) in [6.07, 6.45) is 3.61. The van der Waals surface area contributed by atoms with E-state index in [4.69, 9.17) is 0 Å². The summed E-state index contributed by atoms with van der Waals surface area (Å²) in [5.41, 5.74) is 1.21. The van der Waals surface area contributed by atoms with Gasteiger partial charge in [-0.15, -0.1) is 0 Å². The number of rotatable bonds is 6. The van der Waals surface area contributed by atoms with Crippen LogP contribution in [0.5, 0.6) is 0 Å². The van der Waals surface area contributed by atoms with Crippen LogP contribution in [0.2, 0.25) is 0 Å². The Morgan fingerprint density at radius 2 is 2.06 bits per heavy atom. The molecule has 1 atom stereocenters. The van der Waals surface area contributed by atoms with Gasteiger partial charge in [0.05, 0.1) is 0 Å². The minimum atomic E-state index is -0.152. The Labute approximate surface area is 109 Å². The molecule has 1 aromatic rings. The third-order valence-corrected chi connectivity index (χ3v) is 3.78. The molecule has 1 aliphatic heterocycles. The van der Waals surface area contributed by atoms with Gasteiger partial charge in [0.2, 0.25) is 0 Å². The molecule has 1 unspecified atom stereocenters. The summed E-state index contributed by atoms with van der Waals surface area (Å²) in [7, 11) is 2.17. The fourth-order valence-corrected chi connectivity index (χ4v) is 2.45. The van der Waals surface area contributed by atoms with Crippen molar-refractivity contribution in [3.05, 3.63) is 35.6 Å². The first-order valence-corrected chi connectivity index (χ1v) is 6.88. The second-order valence-electron chi connectivity index (χ2n) is 5.33. The number of hydrogen-bond acceptors (Lipinski definition) is 2. The van der Waals surface area contributed by atoms with Crippen molar-refractivity contribution in [2.75, 3.05) is 33.2 Å². The summed E-state index contributed by atoms with van der Waals surface area (Å²) >= 11 is 0. The lowest BCUT2D eigenvalue weighted by Crippen LogP contribution is -2.24. The van der Waals surface area contributed by atoms with E-state index in [0.717, 1.165) is 25.4 Å². The van der Waals surface area contributed by atoms with Gasteiger partial charge in [-0.1, -0.05) is 12.1 Å². The van der Waals surface area contributed by atoms with Crippen LogP contribution in [0.4, 0.5) is 4.39 Å². The van der Waals surface area contributed by atoms with Crippen molar-refractivity contribution in [3.63, 3.8) is 0 Å². The maximum absolute atomic E-state index is 12.8. The smallest absolute Gasteiger partial charge is 0.123 e. The first kappa shape index (κ1) is 13.5. The molecule has 2 rings (SSSR count). The minimum absolute atomic E-state index is 0.152. The second-order valence-corrected chi connectivity index (χ2v) is 5.33. The summed E-state index contributed by atoms with van der Waals surface area (Å²) in [5.74, 6) is 0.708. The molecule has 1 aromatic carbocycles. The third kappa shape index (κ3) is 4.39. The molecule has 1 saturated heterocycles. The Morgan fingerprint density at radius 3 is 2.72 bits per heavy atom. The Bertz CT molecular complexity index is 344. The van der Waals surface area contributed by atoms with E-state index in [1.165, 1.54) is 31.5 Å². The molecule has 0 aromatic heterocycles. The quantitative estimate of drug-likeness (QED) is 0.833. The molecule has 3 heteroatoms. The zero-order chi connectivity index (χ0) is 12.8. The van der Waals surface area contributed by atoms with Gasteiger partial charge >= 0.3 is 0 Å². The summed E-state index contributed by atoms with van der Waals surface area (Å²) < 4.78 is 12.8. The fourth-order valence-electron chi connectivity index (χ4n) is 2.45. The topological polar surface area (TPSA) is 15.3 Å². The monoisotopic (exact) mass is 250 g/mol. The van der Waals surface area contributed by atoms with E-state index in [2.05, 4.69) is 17.3 Å². The average Bonchev–Trinajstić information content (AvgIpc) is 2.89. The Balaban J connectivity index is 1.64. The number of hydrogen-bond donors (Lipinski definition) is 1. The van der Waals surface area contributed by atoms with E-state index in [1.54, 1.807) is 12.1 Å². The minimum Gasteiger partial charge on any atom is -0.316 e. The van der Waals surface area contributed by atoms with E-state index in [9.17, 15) is 4.39 Å². The summed E-state index contributed by atoms with van der Waals surface area (Å²) in [6.45, 7) is 4.58. The van der Waals surface area contributed by atoms with Crippen LogP contribution in [0.1, 0.15) is 18.4 Å². The predicted molar refractivity (Wildman–Crippen MR) is 73.2 cm³/mol. The normalized spacial score (nSPS) is 19.6. The summed E-state index contributed by atoms with van der Waals surface area (Å²) in [5, 5.41) is 3.41. The molecule has 0 bridgehead atoms. The van der Waals surface area contributed by atoms with E-state index in [-0.39, 0.29) is 5.82 Å². The molecule has 0 amide bonds. The number of halogens is 1. The van der Waals surface area contributed by atoms with Gasteiger partial charge in [0.1, 0.15) is 5.82 Å². The van der Waals surface area contributed by atoms with Crippen LogP contribution in [-0.4, -0.2) is 38.1 Å². The molecular weight excluding hydrogens is 227 g/mol. The Morgan fingerprint density at radius 1 is 1.28 bits per heavy atom. The van der Waals surface area contributed by atoms with Gasteiger partial charge in [0, 0.05) is 6.54 Å². The van der Waals surface area contributed by atoms with Crippen molar-refractivity contribution in [1.82, 2.24) is 10.2 Å². The van der Waals surface area contributed by atoms with Gasteiger partial charge < -0.3 is 10.2 Å². The standard InChI is InChI=1S/C15H23FN2/c1-18(11-8-14-6-9-17-12-14)10-7-13-2-4-15(16)5-3-13/h2-5,14,17H,6-12H2,1H3. The highest BCUT2D eigenvalue weighted by atomic mass is 19.1. The number of benzene rings is 1. The van der Waals surface area contributed by atoms with Gasteiger partial charge in [-0.25, -0.2) is 4.39 Å². The molecular formula is C15H23FN2. The van der Waals surface area contributed by atoms with Crippen LogP contribution in [0.15, 0.2) is 24.3 Å². The van der Waals surface area contributed by atoms with Crippen LogP contribution in [-0.2, 0) is 6.42 Å². The molecule has 2 nitrogen and oxygen atoms in total. The van der Waals surface area contributed by atoms with Crippen molar-refractivity contribution < 1.29 is 4.39 Å². The maximum Gasteiger partial charge on any atom is 0.123 e. The molecule has 0 radical (unpaired) electrons. The van der Waals surface area contributed by atoms with Crippen LogP contribution >= 0.6 is 0 Å². The highest BCUT2D eigenvalue weighted by Crippen LogP contribution is 2.12. The highest BCUT2D eigenvalue weighted by Gasteiger charge is 2.14. The molecule has 1 N–H and O–H groups in total. The lowest BCUT2D eigenvalue weighted by atomic mass is 10.0. The van der Waals surface area contributed by atoms with E-state index >= 15 is 0 Å². The lowest BCUT2D eigenvalue weighted by molar-refractivity contribution is 0.308. The average molecular weight is 250 g/mol. The number of nitrogens with one attached hydrogen (secondary N) is 1. The van der Waals surface area contributed by atoms with Crippen molar-refractivity contribution in [2.45, 2.75) is 19.3 Å². The molecule has 0 aliphatic carbocycles. The van der Waals surface area contributed by atoms with E-state index in [0.29, 0.717) is 0 Å². The molecule has 1 aliphatic rings. The molecule has 1 fully saturated rings. The maximum atomic E-state index is 12.8. The highest BCUT2D eigenvalue weighted by molar-refractivity contribution is 5.16. The van der Waals surface area contributed by atoms with Crippen molar-refractivity contribution in [3.8, 4) is 0 Å². The van der Waals surface area contributed by atoms with Gasteiger partial charge in [0.15, 0.2) is 0 Å². The fraction of sp³-hybridized carbons (Fsp3) is 0.600. The number of nitrogens with zero attached hydrogens (tertiary/aromatic N) is 1. The second kappa shape index (κ2) is 6.86.